The fourth-order valence-electron chi connectivity index (χ4n) is 2.65. The summed E-state index contributed by atoms with van der Waals surface area (Å²) in [6, 6.07) is 18.1. The number of ether oxygens (including phenoxy) is 1. The number of rotatable bonds is 4. The second kappa shape index (κ2) is 5.24. The Bertz CT molecular complexity index is 568. The number of nitrogens with one attached hydrogen (secondary N) is 1. The molecular formula is C16H15NO2. The van der Waals surface area contributed by atoms with Gasteiger partial charge in [0, 0.05) is 6.54 Å². The zero-order valence-electron chi connectivity index (χ0n) is 10.5. The predicted octanol–water partition coefficient (Wildman–Crippen LogP) is 2.75. The molecule has 2 aromatic carbocycles. The van der Waals surface area contributed by atoms with E-state index >= 15 is 0 Å². The summed E-state index contributed by atoms with van der Waals surface area (Å²) in [7, 11) is 0. The summed E-state index contributed by atoms with van der Waals surface area (Å²) >= 11 is 0. The molecule has 0 aliphatic carbocycles. The molecule has 2 aromatic rings. The van der Waals surface area contributed by atoms with E-state index in [-0.39, 0.29) is 12.1 Å². The third kappa shape index (κ3) is 2.25. The van der Waals surface area contributed by atoms with Crippen LogP contribution >= 0.6 is 0 Å². The minimum Gasteiger partial charge on any atom is -0.458 e. The second-order valence-corrected chi connectivity index (χ2v) is 4.62. The van der Waals surface area contributed by atoms with Crippen molar-refractivity contribution in [3.8, 4) is 0 Å². The first-order chi connectivity index (χ1) is 9.40. The number of hydrogen-bond donors (Lipinski definition) is 1. The average Bonchev–Trinajstić information content (AvgIpc) is 2.89. The number of carbonyl (C=O) groups excluding carboxylic acids is 1. The number of fused-ring (bicyclic) bond motifs is 1. The van der Waals surface area contributed by atoms with Gasteiger partial charge in [0.1, 0.15) is 6.10 Å². The van der Waals surface area contributed by atoms with E-state index in [4.69, 9.17) is 4.74 Å². The van der Waals surface area contributed by atoms with Gasteiger partial charge in [0.15, 0.2) is 0 Å². The molecule has 1 N–H and O–H groups in total. The van der Waals surface area contributed by atoms with Crippen LogP contribution in [-0.2, 0) is 16.1 Å². The van der Waals surface area contributed by atoms with Crippen molar-refractivity contribution >= 4 is 6.47 Å². The van der Waals surface area contributed by atoms with Gasteiger partial charge in [-0.05, 0) is 16.7 Å². The zero-order chi connectivity index (χ0) is 13.1. The van der Waals surface area contributed by atoms with Crippen LogP contribution in [0.5, 0.6) is 0 Å². The SMILES string of the molecule is O=COC(c1ccccc1)[C@H]1NCc2ccccc21. The molecule has 3 rings (SSSR count). The molecule has 1 aliphatic heterocycles. The summed E-state index contributed by atoms with van der Waals surface area (Å²) in [5.41, 5.74) is 3.48. The summed E-state index contributed by atoms with van der Waals surface area (Å²) in [6.07, 6.45) is -0.289. The lowest BCUT2D eigenvalue weighted by molar-refractivity contribution is -0.135. The van der Waals surface area contributed by atoms with Crippen LogP contribution in [0.15, 0.2) is 54.6 Å². The minimum atomic E-state index is -0.289. The topological polar surface area (TPSA) is 38.3 Å². The van der Waals surface area contributed by atoms with Gasteiger partial charge in [0.2, 0.25) is 0 Å². The summed E-state index contributed by atoms with van der Waals surface area (Å²) in [4.78, 5) is 10.8. The molecule has 1 heterocycles. The van der Waals surface area contributed by atoms with Crippen molar-refractivity contribution in [1.82, 2.24) is 5.32 Å². The number of hydrogen-bond acceptors (Lipinski definition) is 3. The zero-order valence-corrected chi connectivity index (χ0v) is 10.5. The third-order valence-corrected chi connectivity index (χ3v) is 3.54. The molecule has 1 unspecified atom stereocenters. The van der Waals surface area contributed by atoms with Crippen LogP contribution in [0.25, 0.3) is 0 Å². The van der Waals surface area contributed by atoms with E-state index in [1.807, 2.05) is 42.5 Å². The van der Waals surface area contributed by atoms with Crippen LogP contribution in [0.2, 0.25) is 0 Å². The molecule has 2 atom stereocenters. The van der Waals surface area contributed by atoms with Gasteiger partial charge in [-0.25, -0.2) is 0 Å². The van der Waals surface area contributed by atoms with Crippen molar-refractivity contribution in [3.63, 3.8) is 0 Å². The Morgan fingerprint density at radius 3 is 2.63 bits per heavy atom. The Hall–Kier alpha value is -2.13. The van der Waals surface area contributed by atoms with Gasteiger partial charge in [-0.2, -0.15) is 0 Å². The van der Waals surface area contributed by atoms with E-state index in [0.29, 0.717) is 6.47 Å². The van der Waals surface area contributed by atoms with E-state index in [2.05, 4.69) is 17.4 Å². The van der Waals surface area contributed by atoms with Crippen molar-refractivity contribution < 1.29 is 9.53 Å². The molecule has 96 valence electrons. The second-order valence-electron chi connectivity index (χ2n) is 4.62. The van der Waals surface area contributed by atoms with Crippen LogP contribution in [0.3, 0.4) is 0 Å². The summed E-state index contributed by atoms with van der Waals surface area (Å²) < 4.78 is 5.33. The van der Waals surface area contributed by atoms with Gasteiger partial charge in [-0.15, -0.1) is 0 Å². The maximum Gasteiger partial charge on any atom is 0.293 e. The quantitative estimate of drug-likeness (QED) is 0.851. The first-order valence-electron chi connectivity index (χ1n) is 6.35. The molecule has 0 amide bonds. The van der Waals surface area contributed by atoms with E-state index in [1.165, 1.54) is 11.1 Å². The van der Waals surface area contributed by atoms with Gasteiger partial charge in [0.25, 0.3) is 6.47 Å². The standard InChI is InChI=1S/C16H15NO2/c18-11-19-16(12-6-2-1-3-7-12)15-14-9-5-4-8-13(14)10-17-15/h1-9,11,15-17H,10H2/t15-,16?/m0/s1. The summed E-state index contributed by atoms with van der Waals surface area (Å²) in [5.74, 6) is 0. The molecule has 1 aliphatic rings. The monoisotopic (exact) mass is 253 g/mol. The fraction of sp³-hybridized carbons (Fsp3) is 0.188. The normalized spacial score (nSPS) is 18.6. The Kier molecular flexibility index (Phi) is 3.29. The van der Waals surface area contributed by atoms with Gasteiger partial charge in [-0.1, -0.05) is 54.6 Å². The first kappa shape index (κ1) is 11.9. The molecule has 19 heavy (non-hydrogen) atoms. The van der Waals surface area contributed by atoms with E-state index in [9.17, 15) is 4.79 Å². The van der Waals surface area contributed by atoms with E-state index in [0.717, 1.165) is 12.1 Å². The average molecular weight is 253 g/mol. The fourth-order valence-corrected chi connectivity index (χ4v) is 2.65. The molecule has 0 saturated heterocycles. The highest BCUT2D eigenvalue weighted by Crippen LogP contribution is 2.37. The highest BCUT2D eigenvalue weighted by atomic mass is 16.5. The Morgan fingerprint density at radius 2 is 1.84 bits per heavy atom. The van der Waals surface area contributed by atoms with Gasteiger partial charge >= 0.3 is 0 Å². The molecule has 0 fully saturated rings. The van der Waals surface area contributed by atoms with E-state index < -0.39 is 0 Å². The van der Waals surface area contributed by atoms with Crippen LogP contribution in [0.1, 0.15) is 28.8 Å². The molecule has 0 bridgehead atoms. The van der Waals surface area contributed by atoms with Crippen LogP contribution < -0.4 is 5.32 Å². The van der Waals surface area contributed by atoms with Crippen molar-refractivity contribution in [2.24, 2.45) is 0 Å². The number of benzene rings is 2. The maximum absolute atomic E-state index is 10.8. The lowest BCUT2D eigenvalue weighted by Crippen LogP contribution is -2.22. The third-order valence-electron chi connectivity index (χ3n) is 3.54. The molecule has 0 radical (unpaired) electrons. The molecule has 0 saturated carbocycles. The van der Waals surface area contributed by atoms with Gasteiger partial charge < -0.3 is 10.1 Å². The van der Waals surface area contributed by atoms with Crippen molar-refractivity contribution in [1.29, 1.82) is 0 Å². The molecule has 0 aromatic heterocycles. The van der Waals surface area contributed by atoms with Gasteiger partial charge in [-0.3, -0.25) is 4.79 Å². The van der Waals surface area contributed by atoms with E-state index in [1.54, 1.807) is 0 Å². The summed E-state index contributed by atoms with van der Waals surface area (Å²) in [5, 5.41) is 3.42. The first-order valence-corrected chi connectivity index (χ1v) is 6.35. The van der Waals surface area contributed by atoms with Crippen molar-refractivity contribution in [2.45, 2.75) is 18.7 Å². The van der Waals surface area contributed by atoms with Crippen LogP contribution in [0, 0.1) is 0 Å². The van der Waals surface area contributed by atoms with Crippen molar-refractivity contribution in [2.75, 3.05) is 0 Å². The predicted molar refractivity (Wildman–Crippen MR) is 72.4 cm³/mol. The van der Waals surface area contributed by atoms with Crippen molar-refractivity contribution in [3.05, 3.63) is 71.3 Å². The Labute approximate surface area is 112 Å². The largest absolute Gasteiger partial charge is 0.458 e. The number of carbonyl (C=O) groups is 1. The van der Waals surface area contributed by atoms with Crippen LogP contribution in [0.4, 0.5) is 0 Å². The highest BCUT2D eigenvalue weighted by Gasteiger charge is 2.31. The lowest BCUT2D eigenvalue weighted by Gasteiger charge is -2.23. The Morgan fingerprint density at radius 1 is 1.11 bits per heavy atom. The van der Waals surface area contributed by atoms with Crippen LogP contribution in [-0.4, -0.2) is 6.47 Å². The minimum absolute atomic E-state index is 0.0174. The highest BCUT2D eigenvalue weighted by molar-refractivity contribution is 5.42. The maximum atomic E-state index is 10.8. The molecular weight excluding hydrogens is 238 g/mol. The Balaban J connectivity index is 1.96. The van der Waals surface area contributed by atoms with Gasteiger partial charge in [0.05, 0.1) is 6.04 Å². The molecule has 0 spiro atoms. The smallest absolute Gasteiger partial charge is 0.293 e. The molecule has 3 heteroatoms. The summed E-state index contributed by atoms with van der Waals surface area (Å²) in [6.45, 7) is 1.34. The lowest BCUT2D eigenvalue weighted by atomic mass is 9.96. The molecule has 3 nitrogen and oxygen atoms in total.